The Morgan fingerprint density at radius 2 is 1.72 bits per heavy atom. The molecule has 0 aliphatic carbocycles. The van der Waals surface area contributed by atoms with Crippen LogP contribution in [0.4, 0.5) is 0 Å². The fraction of sp³-hybridized carbons (Fsp3) is 0.304. The van der Waals surface area contributed by atoms with Gasteiger partial charge >= 0.3 is 11.9 Å². The zero-order valence-corrected chi connectivity index (χ0v) is 19.7. The van der Waals surface area contributed by atoms with Gasteiger partial charge in [0, 0.05) is 40.3 Å². The van der Waals surface area contributed by atoms with E-state index in [2.05, 4.69) is 75.1 Å². The van der Waals surface area contributed by atoms with Crippen molar-refractivity contribution in [3.8, 4) is 5.75 Å². The largest absolute Gasteiger partial charge is 0.497 e. The van der Waals surface area contributed by atoms with Gasteiger partial charge in [0.2, 0.25) is 0 Å². The standard InChI is InChI=1S/C21H23IN2O2.C2H2O4/c1-26-18-6-7-20-19(12-18)15(13-23-20)14-24-10-8-21(25,9-11-24)16-2-4-17(22)5-3-16;3-1(4)2(5)6/h2-7,12-13,23,25H,8-11,14H2,1H3;(H,3,4)(H,5,6). The van der Waals surface area contributed by atoms with E-state index in [1.807, 2.05) is 6.07 Å². The summed E-state index contributed by atoms with van der Waals surface area (Å²) in [4.78, 5) is 24.0. The molecule has 3 aromatic rings. The summed E-state index contributed by atoms with van der Waals surface area (Å²) in [6.45, 7) is 2.66. The van der Waals surface area contributed by atoms with Crippen LogP contribution in [0.2, 0.25) is 0 Å². The minimum absolute atomic E-state index is 0.704. The average molecular weight is 552 g/mol. The van der Waals surface area contributed by atoms with E-state index in [1.165, 1.54) is 14.5 Å². The summed E-state index contributed by atoms with van der Waals surface area (Å²) in [7, 11) is 1.70. The van der Waals surface area contributed by atoms with E-state index in [-0.39, 0.29) is 0 Å². The van der Waals surface area contributed by atoms with Crippen LogP contribution in [0, 0.1) is 3.57 Å². The second-order valence-electron chi connectivity index (χ2n) is 7.65. The van der Waals surface area contributed by atoms with Crippen molar-refractivity contribution in [3.05, 3.63) is 63.4 Å². The van der Waals surface area contributed by atoms with Crippen LogP contribution in [0.3, 0.4) is 0 Å². The number of fused-ring (bicyclic) bond motifs is 1. The molecule has 0 saturated carbocycles. The Kier molecular flexibility index (Phi) is 7.75. The van der Waals surface area contributed by atoms with E-state index in [4.69, 9.17) is 24.5 Å². The number of likely N-dealkylation sites (tertiary alicyclic amines) is 1. The summed E-state index contributed by atoms with van der Waals surface area (Å²) in [5, 5.41) is 27.1. The first-order valence-electron chi connectivity index (χ1n) is 10.0. The van der Waals surface area contributed by atoms with E-state index in [0.29, 0.717) is 0 Å². The molecular formula is C23H25IN2O6. The lowest BCUT2D eigenvalue weighted by Gasteiger charge is -2.38. The van der Waals surface area contributed by atoms with Crippen molar-refractivity contribution in [1.29, 1.82) is 0 Å². The van der Waals surface area contributed by atoms with Gasteiger partial charge in [-0.05, 0) is 76.9 Å². The van der Waals surface area contributed by atoms with Gasteiger partial charge in [0.1, 0.15) is 5.75 Å². The van der Waals surface area contributed by atoms with Gasteiger partial charge in [-0.25, -0.2) is 9.59 Å². The molecule has 8 nitrogen and oxygen atoms in total. The number of aliphatic carboxylic acids is 2. The third-order valence-electron chi connectivity index (χ3n) is 5.62. The zero-order chi connectivity index (χ0) is 23.3. The number of aromatic nitrogens is 1. The highest BCUT2D eigenvalue weighted by atomic mass is 127. The molecule has 0 bridgehead atoms. The first kappa shape index (κ1) is 24.0. The summed E-state index contributed by atoms with van der Waals surface area (Å²) < 4.78 is 6.56. The number of aromatic amines is 1. The van der Waals surface area contributed by atoms with Crippen LogP contribution in [0.1, 0.15) is 24.0 Å². The molecule has 170 valence electrons. The maximum Gasteiger partial charge on any atom is 0.414 e. The first-order chi connectivity index (χ1) is 15.2. The molecule has 2 heterocycles. The molecule has 2 aromatic carbocycles. The molecule has 4 N–H and O–H groups in total. The van der Waals surface area contributed by atoms with Crippen LogP contribution in [-0.2, 0) is 21.7 Å². The Morgan fingerprint density at radius 1 is 1.09 bits per heavy atom. The summed E-state index contributed by atoms with van der Waals surface area (Å²) in [5.74, 6) is -2.77. The smallest absolute Gasteiger partial charge is 0.414 e. The van der Waals surface area contributed by atoms with Gasteiger partial charge in [0.15, 0.2) is 0 Å². The molecule has 1 aliphatic rings. The number of halogens is 1. The summed E-state index contributed by atoms with van der Waals surface area (Å²) >= 11 is 2.30. The normalized spacial score (nSPS) is 15.6. The third-order valence-corrected chi connectivity index (χ3v) is 6.34. The highest BCUT2D eigenvalue weighted by Crippen LogP contribution is 2.34. The number of hydrogen-bond donors (Lipinski definition) is 4. The zero-order valence-electron chi connectivity index (χ0n) is 17.5. The van der Waals surface area contributed by atoms with Crippen molar-refractivity contribution in [3.63, 3.8) is 0 Å². The van der Waals surface area contributed by atoms with Crippen LogP contribution in [-0.4, -0.2) is 57.3 Å². The van der Waals surface area contributed by atoms with Crippen molar-refractivity contribution in [2.75, 3.05) is 20.2 Å². The van der Waals surface area contributed by atoms with Gasteiger partial charge in [-0.1, -0.05) is 12.1 Å². The number of carboxylic acid groups (broad SMARTS) is 2. The Hall–Kier alpha value is -2.63. The highest BCUT2D eigenvalue weighted by Gasteiger charge is 2.34. The molecule has 1 fully saturated rings. The molecule has 32 heavy (non-hydrogen) atoms. The number of nitrogens with zero attached hydrogens (tertiary/aromatic N) is 1. The molecule has 1 aliphatic heterocycles. The van der Waals surface area contributed by atoms with Gasteiger partial charge in [0.25, 0.3) is 0 Å². The van der Waals surface area contributed by atoms with Crippen molar-refractivity contribution < 1.29 is 29.6 Å². The fourth-order valence-electron chi connectivity index (χ4n) is 3.79. The van der Waals surface area contributed by atoms with Crippen molar-refractivity contribution in [2.45, 2.75) is 25.0 Å². The number of hydrogen-bond acceptors (Lipinski definition) is 5. The minimum Gasteiger partial charge on any atom is -0.497 e. The number of ether oxygens (including phenoxy) is 1. The predicted octanol–water partition coefficient (Wildman–Crippen LogP) is 3.42. The van der Waals surface area contributed by atoms with Gasteiger partial charge in [-0.15, -0.1) is 0 Å². The number of aliphatic hydroxyl groups is 1. The first-order valence-corrected chi connectivity index (χ1v) is 11.1. The van der Waals surface area contributed by atoms with Crippen LogP contribution < -0.4 is 4.74 Å². The van der Waals surface area contributed by atoms with Gasteiger partial charge in [0.05, 0.1) is 12.7 Å². The third kappa shape index (κ3) is 5.78. The molecule has 1 saturated heterocycles. The average Bonchev–Trinajstić information content (AvgIpc) is 3.18. The summed E-state index contributed by atoms with van der Waals surface area (Å²) in [5.41, 5.74) is 2.74. The number of carbonyl (C=O) groups is 2. The van der Waals surface area contributed by atoms with E-state index >= 15 is 0 Å². The molecule has 0 spiro atoms. The maximum absolute atomic E-state index is 11.1. The number of benzene rings is 2. The highest BCUT2D eigenvalue weighted by molar-refractivity contribution is 14.1. The molecule has 0 unspecified atom stereocenters. The monoisotopic (exact) mass is 552 g/mol. The number of nitrogens with one attached hydrogen (secondary N) is 1. The quantitative estimate of drug-likeness (QED) is 0.289. The van der Waals surface area contributed by atoms with Crippen molar-refractivity contribution in [1.82, 2.24) is 9.88 Å². The second kappa shape index (κ2) is 10.3. The van der Waals surface area contributed by atoms with E-state index in [1.54, 1.807) is 7.11 Å². The second-order valence-corrected chi connectivity index (χ2v) is 8.90. The predicted molar refractivity (Wildman–Crippen MR) is 128 cm³/mol. The molecule has 9 heteroatoms. The summed E-state index contributed by atoms with van der Waals surface area (Å²) in [6.07, 6.45) is 3.61. The van der Waals surface area contributed by atoms with Gasteiger partial charge in [-0.3, -0.25) is 4.90 Å². The number of H-pyrrole nitrogens is 1. The lowest BCUT2D eigenvalue weighted by Crippen LogP contribution is -2.42. The van der Waals surface area contributed by atoms with Crippen LogP contribution in [0.15, 0.2) is 48.7 Å². The Bertz CT molecular complexity index is 1080. The van der Waals surface area contributed by atoms with Crippen LogP contribution >= 0.6 is 22.6 Å². The molecule has 4 rings (SSSR count). The number of methoxy groups -OCH3 is 1. The van der Waals surface area contributed by atoms with E-state index in [9.17, 15) is 5.11 Å². The van der Waals surface area contributed by atoms with Gasteiger partial charge < -0.3 is 25.0 Å². The van der Waals surface area contributed by atoms with Crippen LogP contribution in [0.25, 0.3) is 10.9 Å². The topological polar surface area (TPSA) is 123 Å². The fourth-order valence-corrected chi connectivity index (χ4v) is 4.15. The van der Waals surface area contributed by atoms with Crippen molar-refractivity contribution >= 4 is 45.4 Å². The lowest BCUT2D eigenvalue weighted by molar-refractivity contribution is -0.159. The Balaban J connectivity index is 0.000000427. The molecule has 0 radical (unpaired) electrons. The number of carboxylic acids is 2. The number of piperidine rings is 1. The van der Waals surface area contributed by atoms with E-state index < -0.39 is 17.5 Å². The molecule has 0 amide bonds. The Morgan fingerprint density at radius 3 is 2.28 bits per heavy atom. The SMILES string of the molecule is COc1ccc2[nH]cc(CN3CCC(O)(c4ccc(I)cc4)CC3)c2c1.O=C(O)C(=O)O. The van der Waals surface area contributed by atoms with E-state index in [0.717, 1.165) is 49.3 Å². The number of rotatable bonds is 4. The van der Waals surface area contributed by atoms with Gasteiger partial charge in [-0.2, -0.15) is 0 Å². The Labute approximate surface area is 199 Å². The molecule has 0 atom stereocenters. The van der Waals surface area contributed by atoms with Crippen molar-refractivity contribution in [2.24, 2.45) is 0 Å². The molecular weight excluding hydrogens is 527 g/mol. The van der Waals surface area contributed by atoms with Crippen LogP contribution in [0.5, 0.6) is 5.75 Å². The minimum atomic E-state index is -1.82. The summed E-state index contributed by atoms with van der Waals surface area (Å²) in [6, 6.07) is 14.4. The lowest BCUT2D eigenvalue weighted by atomic mass is 9.84. The maximum atomic E-state index is 11.1. The molecule has 1 aromatic heterocycles.